The van der Waals surface area contributed by atoms with Crippen molar-refractivity contribution in [2.45, 2.75) is 37.4 Å². The first-order chi connectivity index (χ1) is 15.6. The van der Waals surface area contributed by atoms with E-state index in [-0.39, 0.29) is 19.1 Å². The van der Waals surface area contributed by atoms with E-state index >= 15 is 0 Å². The molecule has 2 aromatic carbocycles. The van der Waals surface area contributed by atoms with Gasteiger partial charge in [0.05, 0.1) is 4.58 Å². The Morgan fingerprint density at radius 1 is 1.09 bits per heavy atom. The summed E-state index contributed by atoms with van der Waals surface area (Å²) in [6.07, 6.45) is 1.27. The van der Waals surface area contributed by atoms with E-state index in [9.17, 15) is 4.79 Å². The summed E-state index contributed by atoms with van der Waals surface area (Å²) in [5.74, 6) is 3.72. The van der Waals surface area contributed by atoms with Crippen LogP contribution >= 0.6 is 23.5 Å². The Kier molecular flexibility index (Phi) is 7.76. The molecule has 0 aliphatic carbocycles. The van der Waals surface area contributed by atoms with Gasteiger partial charge in [0.25, 0.3) is 5.89 Å². The summed E-state index contributed by atoms with van der Waals surface area (Å²) in [5, 5.41) is 3.97. The van der Waals surface area contributed by atoms with Crippen LogP contribution in [-0.2, 0) is 16.1 Å². The minimum Gasteiger partial charge on any atom is -0.482 e. The Bertz CT molecular complexity index is 1010. The number of hydrogen-bond donors (Lipinski definition) is 0. The zero-order valence-corrected chi connectivity index (χ0v) is 19.8. The highest BCUT2D eigenvalue weighted by Gasteiger charge is 2.17. The van der Waals surface area contributed by atoms with Gasteiger partial charge in [-0.15, -0.1) is 23.5 Å². The van der Waals surface area contributed by atoms with Gasteiger partial charge in [0.1, 0.15) is 5.75 Å². The third-order valence-electron chi connectivity index (χ3n) is 5.00. The zero-order valence-electron chi connectivity index (χ0n) is 18.2. The van der Waals surface area contributed by atoms with Crippen LogP contribution in [0.1, 0.15) is 47.8 Å². The molecule has 3 aromatic rings. The van der Waals surface area contributed by atoms with Crippen LogP contribution in [-0.4, -0.2) is 34.2 Å². The molecule has 1 saturated heterocycles. The first-order valence-corrected chi connectivity index (χ1v) is 12.7. The Balaban J connectivity index is 1.23. The van der Waals surface area contributed by atoms with Crippen LogP contribution in [0.4, 0.5) is 0 Å². The number of thioether (sulfide) groups is 2. The van der Waals surface area contributed by atoms with E-state index < -0.39 is 5.97 Å². The largest absolute Gasteiger partial charge is 0.482 e. The van der Waals surface area contributed by atoms with E-state index in [1.807, 2.05) is 59.9 Å². The molecule has 2 heterocycles. The zero-order chi connectivity index (χ0) is 22.3. The first-order valence-electron chi connectivity index (χ1n) is 10.6. The number of rotatable bonds is 8. The van der Waals surface area contributed by atoms with Crippen LogP contribution in [0, 0.1) is 0 Å². The molecular weight excluding hydrogens is 444 g/mol. The first kappa shape index (κ1) is 22.7. The quantitative estimate of drug-likeness (QED) is 0.380. The standard InChI is InChI=1S/C24H26N2O4S2/c1-16(2)17-4-6-18(7-5-17)23-25-21(30-26-23)14-29-22(27)15-28-20-10-8-19(9-11-20)24-31-12-3-13-32-24/h4-11,16,24H,3,12-15H2,1-2H3. The van der Waals surface area contributed by atoms with Crippen LogP contribution in [0.3, 0.4) is 0 Å². The second kappa shape index (κ2) is 10.9. The van der Waals surface area contributed by atoms with Crippen molar-refractivity contribution in [3.05, 3.63) is 65.5 Å². The number of aromatic nitrogens is 2. The highest BCUT2D eigenvalue weighted by atomic mass is 32.2. The van der Waals surface area contributed by atoms with Gasteiger partial charge in [0.2, 0.25) is 5.82 Å². The molecule has 0 saturated carbocycles. The molecule has 0 bridgehead atoms. The van der Waals surface area contributed by atoms with E-state index in [2.05, 4.69) is 36.1 Å². The number of esters is 1. The molecular formula is C24H26N2O4S2. The normalized spacial score (nSPS) is 14.5. The lowest BCUT2D eigenvalue weighted by molar-refractivity contribution is -0.148. The highest BCUT2D eigenvalue weighted by molar-refractivity contribution is 8.16. The summed E-state index contributed by atoms with van der Waals surface area (Å²) in [5.41, 5.74) is 3.38. The van der Waals surface area contributed by atoms with Gasteiger partial charge in [-0.2, -0.15) is 4.98 Å². The number of hydrogen-bond acceptors (Lipinski definition) is 8. The average molecular weight is 471 g/mol. The van der Waals surface area contributed by atoms with Gasteiger partial charge in [-0.1, -0.05) is 55.4 Å². The minimum absolute atomic E-state index is 0.0890. The molecule has 6 nitrogen and oxygen atoms in total. The van der Waals surface area contributed by atoms with Crippen molar-refractivity contribution >= 4 is 29.5 Å². The van der Waals surface area contributed by atoms with Crippen LogP contribution in [0.25, 0.3) is 11.4 Å². The minimum atomic E-state index is -0.492. The SMILES string of the molecule is CC(C)c1ccc(-c2noc(COC(=O)COc3ccc(C4SCCCS4)cc3)n2)cc1. The van der Waals surface area contributed by atoms with Crippen molar-refractivity contribution in [3.8, 4) is 17.1 Å². The van der Waals surface area contributed by atoms with E-state index in [0.29, 0.717) is 22.1 Å². The summed E-state index contributed by atoms with van der Waals surface area (Å²) in [6, 6.07) is 15.9. The average Bonchev–Trinajstić information content (AvgIpc) is 3.31. The van der Waals surface area contributed by atoms with E-state index in [1.54, 1.807) is 0 Å². The monoisotopic (exact) mass is 470 g/mol. The van der Waals surface area contributed by atoms with Crippen molar-refractivity contribution in [3.63, 3.8) is 0 Å². The second-order valence-corrected chi connectivity index (χ2v) is 10.5. The maximum absolute atomic E-state index is 12.0. The van der Waals surface area contributed by atoms with Gasteiger partial charge >= 0.3 is 5.97 Å². The van der Waals surface area contributed by atoms with Crippen LogP contribution in [0.15, 0.2) is 53.1 Å². The number of carbonyl (C=O) groups excluding carboxylic acids is 1. The lowest BCUT2D eigenvalue weighted by atomic mass is 10.0. The van der Waals surface area contributed by atoms with Gasteiger partial charge in [-0.05, 0) is 47.1 Å². The van der Waals surface area contributed by atoms with Crippen LogP contribution in [0.5, 0.6) is 5.75 Å². The predicted molar refractivity (Wildman–Crippen MR) is 128 cm³/mol. The lowest BCUT2D eigenvalue weighted by Gasteiger charge is -2.21. The molecule has 0 spiro atoms. The Labute approximate surface area is 196 Å². The smallest absolute Gasteiger partial charge is 0.344 e. The molecule has 8 heteroatoms. The molecule has 0 atom stereocenters. The third-order valence-corrected chi connectivity index (χ3v) is 8.01. The van der Waals surface area contributed by atoms with Gasteiger partial charge in [-0.25, -0.2) is 4.79 Å². The summed E-state index contributed by atoms with van der Waals surface area (Å²) < 4.78 is 16.4. The molecule has 0 unspecified atom stereocenters. The lowest BCUT2D eigenvalue weighted by Crippen LogP contribution is -2.14. The summed E-state index contributed by atoms with van der Waals surface area (Å²) in [6.45, 7) is 4.02. The fourth-order valence-corrected chi connectivity index (χ4v) is 6.07. The fourth-order valence-electron chi connectivity index (χ4n) is 3.18. The van der Waals surface area contributed by atoms with E-state index in [4.69, 9.17) is 14.0 Å². The van der Waals surface area contributed by atoms with E-state index in [1.165, 1.54) is 29.1 Å². The van der Waals surface area contributed by atoms with Crippen molar-refractivity contribution in [2.75, 3.05) is 18.1 Å². The van der Waals surface area contributed by atoms with Crippen molar-refractivity contribution in [1.29, 1.82) is 0 Å². The molecule has 0 radical (unpaired) electrons. The van der Waals surface area contributed by atoms with Crippen LogP contribution < -0.4 is 4.74 Å². The number of ether oxygens (including phenoxy) is 2. The molecule has 32 heavy (non-hydrogen) atoms. The third kappa shape index (κ3) is 6.07. The van der Waals surface area contributed by atoms with Gasteiger partial charge in [0.15, 0.2) is 13.2 Å². The van der Waals surface area contributed by atoms with Crippen molar-refractivity contribution in [1.82, 2.24) is 10.1 Å². The maximum Gasteiger partial charge on any atom is 0.344 e. The topological polar surface area (TPSA) is 74.5 Å². The fraction of sp³-hybridized carbons (Fsp3) is 0.375. The molecule has 1 aliphatic heterocycles. The van der Waals surface area contributed by atoms with Gasteiger partial charge < -0.3 is 14.0 Å². The van der Waals surface area contributed by atoms with Gasteiger partial charge in [-0.3, -0.25) is 0 Å². The molecule has 1 aromatic heterocycles. The summed E-state index contributed by atoms with van der Waals surface area (Å²) in [7, 11) is 0. The second-order valence-electron chi connectivity index (χ2n) is 7.73. The van der Waals surface area contributed by atoms with Crippen molar-refractivity contribution in [2.24, 2.45) is 0 Å². The Hall–Kier alpha value is -2.45. The number of carbonyl (C=O) groups is 1. The molecule has 1 fully saturated rings. The molecule has 1 aliphatic rings. The summed E-state index contributed by atoms with van der Waals surface area (Å²) >= 11 is 3.95. The maximum atomic E-state index is 12.0. The predicted octanol–water partition coefficient (Wildman–Crippen LogP) is 5.85. The Morgan fingerprint density at radius 2 is 1.81 bits per heavy atom. The van der Waals surface area contributed by atoms with Gasteiger partial charge in [0, 0.05) is 5.56 Å². The van der Waals surface area contributed by atoms with Crippen LogP contribution in [0.2, 0.25) is 0 Å². The Morgan fingerprint density at radius 3 is 2.50 bits per heavy atom. The highest BCUT2D eigenvalue weighted by Crippen LogP contribution is 2.43. The molecule has 168 valence electrons. The number of benzene rings is 2. The molecule has 0 N–H and O–H groups in total. The van der Waals surface area contributed by atoms with E-state index in [0.717, 1.165) is 5.56 Å². The summed E-state index contributed by atoms with van der Waals surface area (Å²) in [4.78, 5) is 16.3. The number of nitrogens with zero attached hydrogens (tertiary/aromatic N) is 2. The van der Waals surface area contributed by atoms with Crippen molar-refractivity contribution < 1.29 is 18.8 Å². The molecule has 0 amide bonds. The molecule has 4 rings (SSSR count).